The van der Waals surface area contributed by atoms with E-state index in [9.17, 15) is 10.1 Å². The van der Waals surface area contributed by atoms with Crippen LogP contribution in [0.3, 0.4) is 0 Å². The molecule has 1 heterocycles. The van der Waals surface area contributed by atoms with Crippen LogP contribution in [0.25, 0.3) is 0 Å². The smallest absolute Gasteiger partial charge is 0.270 e. The summed E-state index contributed by atoms with van der Waals surface area (Å²) in [5.74, 6) is 1.93. The van der Waals surface area contributed by atoms with E-state index in [0.717, 1.165) is 0 Å². The van der Waals surface area contributed by atoms with Gasteiger partial charge in [0.05, 0.1) is 19.1 Å². The second kappa shape index (κ2) is 8.08. The number of nitrogens with two attached hydrogens (primary N) is 1. The lowest BCUT2D eigenvalue weighted by Gasteiger charge is -2.11. The molecule has 3 aromatic rings. The number of H-pyrrole nitrogens is 1. The maximum Gasteiger partial charge on any atom is 0.270 e. The molecule has 3 N–H and O–H groups in total. The molecule has 1 aromatic heterocycles. The first-order valence-corrected chi connectivity index (χ1v) is 8.05. The van der Waals surface area contributed by atoms with Gasteiger partial charge < -0.3 is 19.9 Å². The van der Waals surface area contributed by atoms with Gasteiger partial charge in [0.2, 0.25) is 11.6 Å². The Morgan fingerprint density at radius 1 is 1.14 bits per heavy atom. The minimum Gasteiger partial charge on any atom is -0.493 e. The van der Waals surface area contributed by atoms with Crippen molar-refractivity contribution in [1.82, 2.24) is 10.2 Å². The Balaban J connectivity index is 1.84. The molecule has 0 atom stereocenters. The lowest BCUT2D eigenvalue weighted by Crippen LogP contribution is -2.12. The third-order valence-corrected chi connectivity index (χ3v) is 3.72. The molecule has 10 nitrogen and oxygen atoms in total. The molecule has 0 saturated heterocycles. The van der Waals surface area contributed by atoms with Crippen LogP contribution >= 0.6 is 0 Å². The highest BCUT2D eigenvalue weighted by Gasteiger charge is 2.14. The Bertz CT molecular complexity index is 1010. The van der Waals surface area contributed by atoms with Gasteiger partial charge >= 0.3 is 0 Å². The predicted octanol–water partition coefficient (Wildman–Crippen LogP) is 3.16. The zero-order valence-corrected chi connectivity index (χ0v) is 15.1. The van der Waals surface area contributed by atoms with Crippen LogP contribution < -0.4 is 19.9 Å². The van der Waals surface area contributed by atoms with Gasteiger partial charge in [0.25, 0.3) is 5.69 Å². The van der Waals surface area contributed by atoms with Crippen molar-refractivity contribution in [1.29, 1.82) is 0 Å². The fourth-order valence-corrected chi connectivity index (χ4v) is 2.40. The van der Waals surface area contributed by atoms with E-state index in [2.05, 4.69) is 15.2 Å². The topological polar surface area (TPSA) is 138 Å². The number of ether oxygens (including phenoxy) is 3. The molecule has 2 aromatic carbocycles. The SMILES string of the molecule is COc1cccc(OC)c1Oc1cc(/N=C(\N)c2cccc([N+](=O)[O-])c2)[nH]n1. The molecule has 144 valence electrons. The largest absolute Gasteiger partial charge is 0.493 e. The van der Waals surface area contributed by atoms with Crippen LogP contribution in [0, 0.1) is 10.1 Å². The summed E-state index contributed by atoms with van der Waals surface area (Å²) in [7, 11) is 3.03. The molecule has 0 amide bonds. The summed E-state index contributed by atoms with van der Waals surface area (Å²) in [6, 6.07) is 12.6. The molecule has 0 radical (unpaired) electrons. The molecule has 0 fully saturated rings. The lowest BCUT2D eigenvalue weighted by atomic mass is 10.2. The number of rotatable bonds is 7. The number of hydrogen-bond donors (Lipinski definition) is 2. The third-order valence-electron chi connectivity index (χ3n) is 3.72. The molecule has 0 aliphatic carbocycles. The monoisotopic (exact) mass is 383 g/mol. The first-order chi connectivity index (χ1) is 13.5. The second-order valence-corrected chi connectivity index (χ2v) is 5.49. The number of aromatic nitrogens is 2. The molecular weight excluding hydrogens is 366 g/mol. The first kappa shape index (κ1) is 18.7. The summed E-state index contributed by atoms with van der Waals surface area (Å²) in [4.78, 5) is 14.6. The fourth-order valence-electron chi connectivity index (χ4n) is 2.40. The van der Waals surface area contributed by atoms with Crippen molar-refractivity contribution in [3.63, 3.8) is 0 Å². The number of benzene rings is 2. The molecule has 0 bridgehead atoms. The number of amidine groups is 1. The third kappa shape index (κ3) is 4.01. The van der Waals surface area contributed by atoms with E-state index in [0.29, 0.717) is 28.6 Å². The van der Waals surface area contributed by atoms with Gasteiger partial charge in [-0.2, -0.15) is 0 Å². The molecule has 0 saturated carbocycles. The number of methoxy groups -OCH3 is 2. The highest BCUT2D eigenvalue weighted by molar-refractivity contribution is 5.99. The maximum absolute atomic E-state index is 10.9. The quantitative estimate of drug-likeness (QED) is 0.276. The van der Waals surface area contributed by atoms with Gasteiger partial charge in [-0.05, 0) is 12.1 Å². The van der Waals surface area contributed by atoms with Gasteiger partial charge in [0.15, 0.2) is 17.3 Å². The molecule has 0 aliphatic heterocycles. The average Bonchev–Trinajstić information content (AvgIpc) is 3.15. The molecule has 28 heavy (non-hydrogen) atoms. The van der Waals surface area contributed by atoms with E-state index in [1.165, 1.54) is 38.5 Å². The Morgan fingerprint density at radius 2 is 1.82 bits per heavy atom. The number of non-ortho nitro benzene ring substituents is 1. The Kier molecular flexibility index (Phi) is 5.40. The van der Waals surface area contributed by atoms with Gasteiger partial charge in [0, 0.05) is 23.8 Å². The predicted molar refractivity (Wildman–Crippen MR) is 102 cm³/mol. The summed E-state index contributed by atoms with van der Waals surface area (Å²) in [6.45, 7) is 0. The van der Waals surface area contributed by atoms with Gasteiger partial charge in [-0.15, -0.1) is 5.10 Å². The first-order valence-electron chi connectivity index (χ1n) is 8.05. The number of aromatic amines is 1. The number of nitrogens with zero attached hydrogens (tertiary/aromatic N) is 3. The summed E-state index contributed by atoms with van der Waals surface area (Å²) in [5, 5.41) is 17.6. The number of nitrogens with one attached hydrogen (secondary N) is 1. The summed E-state index contributed by atoms with van der Waals surface area (Å²) >= 11 is 0. The van der Waals surface area contributed by atoms with Crippen molar-refractivity contribution in [2.75, 3.05) is 14.2 Å². The van der Waals surface area contributed by atoms with E-state index in [4.69, 9.17) is 19.9 Å². The molecular formula is C18H17N5O5. The highest BCUT2D eigenvalue weighted by atomic mass is 16.6. The van der Waals surface area contributed by atoms with Crippen molar-refractivity contribution in [3.8, 4) is 23.1 Å². The number of para-hydroxylation sites is 1. The van der Waals surface area contributed by atoms with Gasteiger partial charge in [0.1, 0.15) is 5.84 Å². The standard InChI is InChI=1S/C18H17N5O5/c1-26-13-7-4-8-14(27-2)17(13)28-16-10-15(21-22-16)20-18(19)11-5-3-6-12(9-11)23(24)25/h3-10H,1-2H3,(H3,19,20,21,22). The van der Waals surface area contributed by atoms with E-state index in [1.54, 1.807) is 24.3 Å². The zero-order valence-electron chi connectivity index (χ0n) is 15.1. The normalized spacial score (nSPS) is 11.1. The number of nitro groups is 1. The van der Waals surface area contributed by atoms with Crippen LogP contribution in [-0.4, -0.2) is 35.2 Å². The molecule has 10 heteroatoms. The highest BCUT2D eigenvalue weighted by Crippen LogP contribution is 2.39. The van der Waals surface area contributed by atoms with Crippen LogP contribution in [0.1, 0.15) is 5.56 Å². The number of aliphatic imine (C=N–C) groups is 1. The Morgan fingerprint density at radius 3 is 2.46 bits per heavy atom. The minimum atomic E-state index is -0.500. The Labute approximate surface area is 159 Å². The fraction of sp³-hybridized carbons (Fsp3) is 0.111. The molecule has 0 spiro atoms. The van der Waals surface area contributed by atoms with Crippen LogP contribution in [-0.2, 0) is 0 Å². The Hall–Kier alpha value is -4.08. The van der Waals surface area contributed by atoms with E-state index < -0.39 is 4.92 Å². The summed E-state index contributed by atoms with van der Waals surface area (Å²) in [5.41, 5.74) is 6.29. The van der Waals surface area contributed by atoms with Crippen molar-refractivity contribution < 1.29 is 19.1 Å². The lowest BCUT2D eigenvalue weighted by molar-refractivity contribution is -0.384. The van der Waals surface area contributed by atoms with Crippen LogP contribution in [0.2, 0.25) is 0 Å². The molecule has 0 aliphatic rings. The van der Waals surface area contributed by atoms with Crippen molar-refractivity contribution in [2.24, 2.45) is 10.7 Å². The van der Waals surface area contributed by atoms with Gasteiger partial charge in [-0.25, -0.2) is 4.99 Å². The van der Waals surface area contributed by atoms with Crippen molar-refractivity contribution >= 4 is 17.3 Å². The van der Waals surface area contributed by atoms with Gasteiger partial charge in [-0.1, -0.05) is 18.2 Å². The number of nitro benzene ring substituents is 1. The van der Waals surface area contributed by atoms with Crippen molar-refractivity contribution in [2.45, 2.75) is 0 Å². The van der Waals surface area contributed by atoms with Crippen LogP contribution in [0.4, 0.5) is 11.5 Å². The van der Waals surface area contributed by atoms with Crippen LogP contribution in [0.5, 0.6) is 23.1 Å². The minimum absolute atomic E-state index is 0.0763. The molecule has 3 rings (SSSR count). The van der Waals surface area contributed by atoms with Crippen molar-refractivity contribution in [3.05, 3.63) is 64.2 Å². The van der Waals surface area contributed by atoms with E-state index in [-0.39, 0.29) is 17.4 Å². The summed E-state index contributed by atoms with van der Waals surface area (Å²) in [6.07, 6.45) is 0. The second-order valence-electron chi connectivity index (χ2n) is 5.49. The maximum atomic E-state index is 10.9. The summed E-state index contributed by atoms with van der Waals surface area (Å²) < 4.78 is 16.3. The number of hydrogen-bond acceptors (Lipinski definition) is 7. The zero-order chi connectivity index (χ0) is 20.1. The van der Waals surface area contributed by atoms with E-state index >= 15 is 0 Å². The van der Waals surface area contributed by atoms with E-state index in [1.807, 2.05) is 0 Å². The van der Waals surface area contributed by atoms with Crippen LogP contribution in [0.15, 0.2) is 53.5 Å². The average molecular weight is 383 g/mol. The molecule has 0 unspecified atom stereocenters. The van der Waals surface area contributed by atoms with Gasteiger partial charge in [-0.3, -0.25) is 15.2 Å².